The smallest absolute Gasteiger partial charge is 0.410 e. The van der Waals surface area contributed by atoms with Crippen LogP contribution in [0.2, 0.25) is 18.1 Å². The molecule has 1 saturated carbocycles. The number of piperidine rings is 1. The van der Waals surface area contributed by atoms with Gasteiger partial charge in [-0.1, -0.05) is 39.0 Å². The third-order valence-corrected chi connectivity index (χ3v) is 15.3. The van der Waals surface area contributed by atoms with E-state index in [-0.39, 0.29) is 28.7 Å². The van der Waals surface area contributed by atoms with Gasteiger partial charge >= 0.3 is 6.09 Å². The lowest BCUT2D eigenvalue weighted by Crippen LogP contribution is -2.75. The molecule has 1 unspecified atom stereocenters. The van der Waals surface area contributed by atoms with Crippen LogP contribution >= 0.6 is 0 Å². The number of amides is 2. The molecule has 0 aromatic heterocycles. The van der Waals surface area contributed by atoms with Crippen molar-refractivity contribution in [2.45, 2.75) is 115 Å². The first-order valence-corrected chi connectivity index (χ1v) is 19.8. The van der Waals surface area contributed by atoms with Crippen molar-refractivity contribution in [3.8, 4) is 5.75 Å². The maximum Gasteiger partial charge on any atom is 0.410 e. The molecule has 2 aliphatic heterocycles. The highest BCUT2D eigenvalue weighted by Gasteiger charge is 2.72. The molecule has 3 aliphatic rings. The molecule has 1 aromatic carbocycles. The zero-order valence-electron chi connectivity index (χ0n) is 29.6. The largest absolute Gasteiger partial charge is 0.497 e. The number of methoxy groups -OCH3 is 1. The summed E-state index contributed by atoms with van der Waals surface area (Å²) in [6.07, 6.45) is 2.84. The first-order valence-electron chi connectivity index (χ1n) is 16.9. The molecule has 2 heterocycles. The van der Waals surface area contributed by atoms with E-state index in [1.165, 1.54) is 0 Å². The quantitative estimate of drug-likeness (QED) is 0.149. The minimum absolute atomic E-state index is 0.0101. The number of nitrogens with zero attached hydrogens (tertiary/aromatic N) is 2. The van der Waals surface area contributed by atoms with Crippen LogP contribution in [0, 0.1) is 17.8 Å². The molecular formula is C36H58N2O7Si. The summed E-state index contributed by atoms with van der Waals surface area (Å²) in [7, 11) is -0.488. The van der Waals surface area contributed by atoms with E-state index in [1.807, 2.05) is 49.9 Å². The summed E-state index contributed by atoms with van der Waals surface area (Å²) >= 11 is 0. The van der Waals surface area contributed by atoms with Gasteiger partial charge in [0.15, 0.2) is 8.32 Å². The minimum Gasteiger partial charge on any atom is -0.497 e. The summed E-state index contributed by atoms with van der Waals surface area (Å²) in [5.41, 5.74) is -0.611. The van der Waals surface area contributed by atoms with Crippen molar-refractivity contribution in [2.75, 3.05) is 33.4 Å². The van der Waals surface area contributed by atoms with Gasteiger partial charge < -0.3 is 33.5 Å². The van der Waals surface area contributed by atoms with Crippen molar-refractivity contribution in [1.29, 1.82) is 0 Å². The number of carbonyl (C=O) groups excluding carboxylic acids is 2. The van der Waals surface area contributed by atoms with Crippen LogP contribution in [0.4, 0.5) is 4.79 Å². The molecular weight excluding hydrogens is 600 g/mol. The molecule has 46 heavy (non-hydrogen) atoms. The molecule has 4 rings (SSSR count). The Morgan fingerprint density at radius 3 is 2.41 bits per heavy atom. The van der Waals surface area contributed by atoms with Gasteiger partial charge in [-0.3, -0.25) is 4.79 Å². The molecule has 3 fully saturated rings. The summed E-state index contributed by atoms with van der Waals surface area (Å²) in [5, 5.41) is 11.9. The maximum absolute atomic E-state index is 14.3. The predicted octanol–water partition coefficient (Wildman–Crippen LogP) is 6.40. The molecule has 0 radical (unpaired) electrons. The summed E-state index contributed by atoms with van der Waals surface area (Å²) in [4.78, 5) is 31.9. The van der Waals surface area contributed by atoms with Gasteiger partial charge in [0.25, 0.3) is 0 Å². The monoisotopic (exact) mass is 658 g/mol. The number of carbonyl (C=O) groups is 2. The number of hydrogen-bond acceptors (Lipinski definition) is 7. The Hall–Kier alpha value is -2.40. The molecule has 0 spiro atoms. The number of rotatable bonds is 13. The highest BCUT2D eigenvalue weighted by molar-refractivity contribution is 6.74. The third-order valence-electron chi connectivity index (χ3n) is 10.8. The lowest BCUT2D eigenvalue weighted by atomic mass is 9.57. The van der Waals surface area contributed by atoms with Crippen LogP contribution in [0.15, 0.2) is 36.9 Å². The Morgan fingerprint density at radius 1 is 1.15 bits per heavy atom. The lowest BCUT2D eigenvalue weighted by molar-refractivity contribution is -0.148. The second-order valence-electron chi connectivity index (χ2n) is 15.9. The number of ether oxygens (including phenoxy) is 3. The summed E-state index contributed by atoms with van der Waals surface area (Å²) < 4.78 is 23.9. The van der Waals surface area contributed by atoms with Gasteiger partial charge in [0, 0.05) is 44.1 Å². The summed E-state index contributed by atoms with van der Waals surface area (Å²) in [5.74, 6) is 0.414. The van der Waals surface area contributed by atoms with E-state index in [1.54, 1.807) is 18.1 Å². The normalized spacial score (nSPS) is 27.0. The van der Waals surface area contributed by atoms with Crippen molar-refractivity contribution < 1.29 is 33.3 Å². The van der Waals surface area contributed by atoms with Crippen LogP contribution in [-0.4, -0.2) is 91.9 Å². The fourth-order valence-electron chi connectivity index (χ4n) is 7.56. The standard InChI is InChI=1S/C36H58N2O7Si/c1-11-30(39)36-29-18-20-37(33(41)45-34(2,3)4)31(36)26(24-44-46(9,10)35(5,6)7)22-28(29)32(40)38(36)19-12-13-21-43-23-25-14-16-27(42-8)17-15-25/h11,14-17,26,28-31,39H,1,12-13,18-24H2,2-10H3/t26-,28?,29+,30-,31+,36-/m0/s1. The molecule has 9 nitrogen and oxygen atoms in total. The van der Waals surface area contributed by atoms with E-state index in [2.05, 4.69) is 40.4 Å². The Bertz CT molecular complexity index is 1220. The van der Waals surface area contributed by atoms with Crippen LogP contribution in [0.3, 0.4) is 0 Å². The number of aliphatic hydroxyl groups is 1. The van der Waals surface area contributed by atoms with Crippen molar-refractivity contribution in [1.82, 2.24) is 9.80 Å². The van der Waals surface area contributed by atoms with Gasteiger partial charge in [-0.2, -0.15) is 0 Å². The molecule has 1 aromatic rings. The fourth-order valence-corrected chi connectivity index (χ4v) is 8.63. The Labute approximate surface area is 277 Å². The minimum atomic E-state index is -2.13. The number of hydrogen-bond donors (Lipinski definition) is 1. The second-order valence-corrected chi connectivity index (χ2v) is 20.7. The van der Waals surface area contributed by atoms with Gasteiger partial charge in [0.1, 0.15) is 11.4 Å². The molecule has 6 atom stereocenters. The highest BCUT2D eigenvalue weighted by atomic mass is 28.4. The van der Waals surface area contributed by atoms with Crippen LogP contribution in [0.1, 0.15) is 72.8 Å². The Balaban J connectivity index is 1.58. The van der Waals surface area contributed by atoms with E-state index < -0.39 is 37.7 Å². The number of benzene rings is 1. The summed E-state index contributed by atoms with van der Waals surface area (Å²) in [6.45, 7) is 23.1. The van der Waals surface area contributed by atoms with Crippen molar-refractivity contribution >= 4 is 20.3 Å². The van der Waals surface area contributed by atoms with Crippen LogP contribution in [0.5, 0.6) is 5.75 Å². The molecule has 4 bridgehead atoms. The van der Waals surface area contributed by atoms with Gasteiger partial charge in [-0.05, 0) is 82.3 Å². The highest BCUT2D eigenvalue weighted by Crippen LogP contribution is 2.59. The van der Waals surface area contributed by atoms with Gasteiger partial charge in [0.2, 0.25) is 5.91 Å². The van der Waals surface area contributed by atoms with Gasteiger partial charge in [-0.25, -0.2) is 4.79 Å². The molecule has 2 saturated heterocycles. The van der Waals surface area contributed by atoms with E-state index in [4.69, 9.17) is 18.6 Å². The van der Waals surface area contributed by atoms with E-state index in [0.29, 0.717) is 52.2 Å². The first kappa shape index (κ1) is 36.4. The molecule has 1 N–H and O–H groups in total. The zero-order valence-corrected chi connectivity index (χ0v) is 30.6. The van der Waals surface area contributed by atoms with Crippen molar-refractivity contribution in [3.05, 3.63) is 42.5 Å². The van der Waals surface area contributed by atoms with E-state index in [9.17, 15) is 14.7 Å². The van der Waals surface area contributed by atoms with Crippen molar-refractivity contribution in [3.63, 3.8) is 0 Å². The molecule has 1 aliphatic carbocycles. The first-order chi connectivity index (χ1) is 21.5. The van der Waals surface area contributed by atoms with Crippen molar-refractivity contribution in [2.24, 2.45) is 17.8 Å². The Morgan fingerprint density at radius 2 is 1.83 bits per heavy atom. The zero-order chi connectivity index (χ0) is 34.1. The molecule has 258 valence electrons. The molecule has 10 heteroatoms. The van der Waals surface area contributed by atoms with E-state index in [0.717, 1.165) is 17.7 Å². The average Bonchev–Trinajstić information content (AvgIpc) is 3.15. The predicted molar refractivity (Wildman–Crippen MR) is 182 cm³/mol. The summed E-state index contributed by atoms with van der Waals surface area (Å²) in [6, 6.07) is 7.35. The van der Waals surface area contributed by atoms with Gasteiger partial charge in [0.05, 0.1) is 31.4 Å². The lowest BCUT2D eigenvalue weighted by Gasteiger charge is -2.60. The van der Waals surface area contributed by atoms with Gasteiger partial charge in [-0.15, -0.1) is 6.58 Å². The van der Waals surface area contributed by atoms with Crippen LogP contribution < -0.4 is 4.74 Å². The Kier molecular flexibility index (Phi) is 11.1. The number of unbranched alkanes of at least 4 members (excludes halogenated alkanes) is 1. The van der Waals surface area contributed by atoms with Crippen LogP contribution in [0.25, 0.3) is 0 Å². The second kappa shape index (κ2) is 14.0. The SMILES string of the molecule is C=C[C@H](O)[C@@]12[C@@H]3CCN(C(=O)OC(C)(C)C)[C@@H]1[C@H](CO[Si](C)(C)C(C)(C)C)CC3C(=O)N2CCCCOCc1ccc(OC)cc1. The fraction of sp³-hybridized carbons (Fsp3) is 0.722. The van der Waals surface area contributed by atoms with Crippen LogP contribution in [-0.2, 0) is 25.3 Å². The topological polar surface area (TPSA) is 97.8 Å². The maximum atomic E-state index is 14.3. The van der Waals surface area contributed by atoms with E-state index >= 15 is 0 Å². The number of aliphatic hydroxyl groups excluding tert-OH is 1. The third kappa shape index (κ3) is 7.20. The number of likely N-dealkylation sites (tertiary alicyclic amines) is 2. The average molecular weight is 659 g/mol. The molecule has 2 amide bonds.